The lowest BCUT2D eigenvalue weighted by atomic mass is 9.97. The summed E-state index contributed by atoms with van der Waals surface area (Å²) in [6, 6.07) is 15.6. The van der Waals surface area contributed by atoms with Crippen LogP contribution in [0.25, 0.3) is 11.1 Å². The number of carboxylic acid groups (broad SMARTS) is 1. The fourth-order valence-corrected chi connectivity index (χ4v) is 4.54. The number of likely N-dealkylation sites (tertiary alicyclic amines) is 1. The third kappa shape index (κ3) is 4.33. The lowest BCUT2D eigenvalue weighted by Gasteiger charge is -2.38. The number of carbonyl (C=O) groups is 3. The van der Waals surface area contributed by atoms with Crippen molar-refractivity contribution in [1.29, 1.82) is 0 Å². The van der Waals surface area contributed by atoms with Gasteiger partial charge in [-0.05, 0) is 34.6 Å². The van der Waals surface area contributed by atoms with Crippen LogP contribution in [0.4, 0.5) is 4.79 Å². The van der Waals surface area contributed by atoms with E-state index in [4.69, 9.17) is 9.84 Å². The van der Waals surface area contributed by atoms with Crippen LogP contribution < -0.4 is 5.32 Å². The minimum Gasteiger partial charge on any atom is -0.480 e. The first-order chi connectivity index (χ1) is 15.5. The summed E-state index contributed by atoms with van der Waals surface area (Å²) in [5.41, 5.74) is 4.65. The van der Waals surface area contributed by atoms with Crippen LogP contribution >= 0.6 is 0 Å². The molecule has 4 rings (SSSR count). The minimum absolute atomic E-state index is 0.00364. The number of fused-ring (bicyclic) bond motifs is 3. The summed E-state index contributed by atoms with van der Waals surface area (Å²) in [6.07, 6.45) is 0.894. The molecule has 1 fully saturated rings. The fraction of sp³-hybridized carbons (Fsp3) is 0.400. The second-order valence-electron chi connectivity index (χ2n) is 8.41. The number of alkyl carbamates (subject to hydrolysis) is 1. The van der Waals surface area contributed by atoms with Gasteiger partial charge in [0, 0.05) is 25.4 Å². The van der Waals surface area contributed by atoms with Crippen molar-refractivity contribution in [1.82, 2.24) is 10.2 Å². The molecular formula is C25H28N2O5. The Morgan fingerprint density at radius 1 is 1.09 bits per heavy atom. The second kappa shape index (κ2) is 9.42. The summed E-state index contributed by atoms with van der Waals surface area (Å²) in [6.45, 7) is 2.97. The summed E-state index contributed by atoms with van der Waals surface area (Å²) in [4.78, 5) is 37.3. The number of nitrogens with zero attached hydrogens (tertiary/aromatic N) is 1. The van der Waals surface area contributed by atoms with E-state index in [-0.39, 0.29) is 30.8 Å². The highest BCUT2D eigenvalue weighted by Gasteiger charge is 2.37. The monoisotopic (exact) mass is 436 g/mol. The van der Waals surface area contributed by atoms with Crippen molar-refractivity contribution in [3.63, 3.8) is 0 Å². The van der Waals surface area contributed by atoms with Crippen LogP contribution in [0.15, 0.2) is 48.5 Å². The lowest BCUT2D eigenvalue weighted by molar-refractivity contribution is -0.157. The predicted octanol–water partition coefficient (Wildman–Crippen LogP) is 3.63. The standard InChI is InChI=1S/C25H28N2O5/c1-2-16(13-23(28)27-12-11-22(27)24(29)30)14-26-25(31)32-15-21-19-9-5-3-7-17(19)18-8-4-6-10-20(18)21/h3-10,16,21-22H,2,11-15H2,1H3,(H,26,31)(H,29,30). The van der Waals surface area contributed by atoms with Gasteiger partial charge in [0.15, 0.2) is 0 Å². The van der Waals surface area contributed by atoms with Crippen LogP contribution in [0.5, 0.6) is 0 Å². The maximum absolute atomic E-state index is 12.4. The first-order valence-corrected chi connectivity index (χ1v) is 11.1. The Morgan fingerprint density at radius 2 is 1.72 bits per heavy atom. The molecule has 2 amide bonds. The topological polar surface area (TPSA) is 95.9 Å². The number of nitrogens with one attached hydrogen (secondary N) is 1. The van der Waals surface area contributed by atoms with E-state index >= 15 is 0 Å². The highest BCUT2D eigenvalue weighted by molar-refractivity contribution is 5.85. The molecule has 1 heterocycles. The molecule has 2 atom stereocenters. The molecule has 2 N–H and O–H groups in total. The van der Waals surface area contributed by atoms with Gasteiger partial charge in [-0.3, -0.25) is 4.79 Å². The van der Waals surface area contributed by atoms with E-state index in [1.807, 2.05) is 31.2 Å². The van der Waals surface area contributed by atoms with Crippen molar-refractivity contribution in [2.45, 2.75) is 38.1 Å². The van der Waals surface area contributed by atoms with Gasteiger partial charge in [0.05, 0.1) is 0 Å². The van der Waals surface area contributed by atoms with Crippen molar-refractivity contribution >= 4 is 18.0 Å². The van der Waals surface area contributed by atoms with E-state index in [1.54, 1.807) is 0 Å². The van der Waals surface area contributed by atoms with Crippen molar-refractivity contribution < 1.29 is 24.2 Å². The molecule has 2 aliphatic rings. The van der Waals surface area contributed by atoms with Gasteiger partial charge in [-0.2, -0.15) is 0 Å². The molecule has 0 aromatic heterocycles. The van der Waals surface area contributed by atoms with Crippen LogP contribution in [0, 0.1) is 5.92 Å². The molecule has 2 aromatic rings. The molecule has 7 nitrogen and oxygen atoms in total. The van der Waals surface area contributed by atoms with E-state index < -0.39 is 18.1 Å². The van der Waals surface area contributed by atoms with Gasteiger partial charge < -0.3 is 20.1 Å². The average Bonchev–Trinajstić information content (AvgIpc) is 3.07. The van der Waals surface area contributed by atoms with Gasteiger partial charge in [0.2, 0.25) is 5.91 Å². The Balaban J connectivity index is 1.29. The van der Waals surface area contributed by atoms with E-state index in [0.717, 1.165) is 11.1 Å². The van der Waals surface area contributed by atoms with Gasteiger partial charge in [-0.15, -0.1) is 0 Å². The number of ether oxygens (including phenoxy) is 1. The molecule has 1 saturated heterocycles. The lowest BCUT2D eigenvalue weighted by Crippen LogP contribution is -2.55. The van der Waals surface area contributed by atoms with Crippen LogP contribution in [0.1, 0.15) is 43.2 Å². The van der Waals surface area contributed by atoms with Crippen LogP contribution in [0.2, 0.25) is 0 Å². The summed E-state index contributed by atoms with van der Waals surface area (Å²) in [5.74, 6) is -1.21. The zero-order valence-electron chi connectivity index (χ0n) is 18.1. The van der Waals surface area contributed by atoms with Gasteiger partial charge in [0.1, 0.15) is 12.6 Å². The summed E-state index contributed by atoms with van der Waals surface area (Å²) >= 11 is 0. The molecule has 0 radical (unpaired) electrons. The minimum atomic E-state index is -0.964. The maximum Gasteiger partial charge on any atom is 0.407 e. The van der Waals surface area contributed by atoms with Crippen LogP contribution in [-0.4, -0.2) is 53.7 Å². The van der Waals surface area contributed by atoms with Crippen molar-refractivity contribution in [3.05, 3.63) is 59.7 Å². The largest absolute Gasteiger partial charge is 0.480 e. The molecule has 2 aromatic carbocycles. The predicted molar refractivity (Wildman–Crippen MR) is 119 cm³/mol. The normalized spacial score (nSPS) is 17.7. The van der Waals surface area contributed by atoms with Crippen molar-refractivity contribution in [2.75, 3.05) is 19.7 Å². The molecule has 0 bridgehead atoms. The molecule has 1 aliphatic heterocycles. The Hall–Kier alpha value is -3.35. The third-order valence-corrected chi connectivity index (χ3v) is 6.54. The van der Waals surface area contributed by atoms with Gasteiger partial charge in [-0.1, -0.05) is 61.9 Å². The van der Waals surface area contributed by atoms with Gasteiger partial charge in [-0.25, -0.2) is 9.59 Å². The second-order valence-corrected chi connectivity index (χ2v) is 8.41. The number of amides is 2. The fourth-order valence-electron chi connectivity index (χ4n) is 4.54. The van der Waals surface area contributed by atoms with E-state index in [2.05, 4.69) is 29.6 Å². The molecule has 168 valence electrons. The number of rotatable bonds is 8. The Bertz CT molecular complexity index is 975. The van der Waals surface area contributed by atoms with Gasteiger partial charge in [0.25, 0.3) is 0 Å². The molecule has 32 heavy (non-hydrogen) atoms. The summed E-state index contributed by atoms with van der Waals surface area (Å²) in [7, 11) is 0. The number of benzene rings is 2. The van der Waals surface area contributed by atoms with E-state index in [0.29, 0.717) is 25.9 Å². The zero-order valence-corrected chi connectivity index (χ0v) is 18.1. The average molecular weight is 437 g/mol. The highest BCUT2D eigenvalue weighted by Crippen LogP contribution is 2.44. The SMILES string of the molecule is CCC(CNC(=O)OCC1c2ccccc2-c2ccccc21)CC(=O)N1CCC1C(=O)O. The van der Waals surface area contributed by atoms with E-state index in [9.17, 15) is 14.4 Å². The number of aliphatic carboxylic acids is 1. The molecule has 7 heteroatoms. The number of carbonyl (C=O) groups excluding carboxylic acids is 2. The van der Waals surface area contributed by atoms with Crippen LogP contribution in [-0.2, 0) is 14.3 Å². The molecule has 0 saturated carbocycles. The molecule has 1 aliphatic carbocycles. The zero-order chi connectivity index (χ0) is 22.7. The smallest absolute Gasteiger partial charge is 0.407 e. The van der Waals surface area contributed by atoms with Crippen molar-refractivity contribution in [2.24, 2.45) is 5.92 Å². The number of hydrogen-bond donors (Lipinski definition) is 2. The van der Waals surface area contributed by atoms with Crippen molar-refractivity contribution in [3.8, 4) is 11.1 Å². The number of hydrogen-bond acceptors (Lipinski definition) is 4. The summed E-state index contributed by atoms with van der Waals surface area (Å²) < 4.78 is 5.54. The molecule has 2 unspecified atom stereocenters. The Kier molecular flexibility index (Phi) is 6.44. The first-order valence-electron chi connectivity index (χ1n) is 11.1. The number of carboxylic acids is 1. The quantitative estimate of drug-likeness (QED) is 0.659. The molecular weight excluding hydrogens is 408 g/mol. The van der Waals surface area contributed by atoms with Crippen LogP contribution in [0.3, 0.4) is 0 Å². The van der Waals surface area contributed by atoms with Gasteiger partial charge >= 0.3 is 12.1 Å². The van der Waals surface area contributed by atoms with E-state index in [1.165, 1.54) is 16.0 Å². The summed E-state index contributed by atoms with van der Waals surface area (Å²) in [5, 5.41) is 11.9. The molecule has 0 spiro atoms. The Labute approximate surface area is 187 Å². The maximum atomic E-state index is 12.4. The highest BCUT2D eigenvalue weighted by atomic mass is 16.5. The Morgan fingerprint density at radius 3 is 2.25 bits per heavy atom. The third-order valence-electron chi connectivity index (χ3n) is 6.54. The first kappa shape index (κ1) is 21.9.